The van der Waals surface area contributed by atoms with Crippen LogP contribution in [0.25, 0.3) is 11.3 Å². The predicted molar refractivity (Wildman–Crippen MR) is 73.2 cm³/mol. The lowest BCUT2D eigenvalue weighted by Crippen LogP contribution is -1.99. The number of halogens is 1. The van der Waals surface area contributed by atoms with E-state index in [0.717, 1.165) is 29.0 Å². The number of anilines is 1. The number of hydrogen-bond acceptors (Lipinski definition) is 2. The van der Waals surface area contributed by atoms with Gasteiger partial charge < -0.3 is 5.32 Å². The Morgan fingerprint density at radius 2 is 1.94 bits per heavy atom. The van der Waals surface area contributed by atoms with E-state index < -0.39 is 0 Å². The zero-order chi connectivity index (χ0) is 11.7. The minimum atomic E-state index is 1.03. The van der Waals surface area contributed by atoms with Crippen LogP contribution in [0.1, 0.15) is 18.4 Å². The van der Waals surface area contributed by atoms with E-state index in [4.69, 9.17) is 0 Å². The Kier molecular flexibility index (Phi) is 2.89. The lowest BCUT2D eigenvalue weighted by molar-refractivity contribution is 0.783. The maximum Gasteiger partial charge on any atom is 0.151 e. The van der Waals surface area contributed by atoms with E-state index in [9.17, 15) is 0 Å². The van der Waals surface area contributed by atoms with Crippen molar-refractivity contribution in [2.24, 2.45) is 0 Å². The van der Waals surface area contributed by atoms with Crippen molar-refractivity contribution in [3.05, 3.63) is 34.3 Å². The fourth-order valence-electron chi connectivity index (χ4n) is 2.24. The molecule has 3 rings (SSSR count). The fraction of sp³-hybridized carbons (Fsp3) is 0.308. The van der Waals surface area contributed by atoms with Gasteiger partial charge in [0, 0.05) is 16.6 Å². The van der Waals surface area contributed by atoms with E-state index in [2.05, 4.69) is 55.7 Å². The Balaban J connectivity index is 2.03. The Bertz CT molecular complexity index is 516. The third kappa shape index (κ3) is 2.09. The summed E-state index contributed by atoms with van der Waals surface area (Å²) in [6, 6.07) is 8.35. The monoisotopic (exact) mass is 291 g/mol. The van der Waals surface area contributed by atoms with Crippen LogP contribution < -0.4 is 5.32 Å². The Morgan fingerprint density at radius 3 is 2.76 bits per heavy atom. The quantitative estimate of drug-likeness (QED) is 0.843. The van der Waals surface area contributed by atoms with Crippen LogP contribution in [0.15, 0.2) is 28.7 Å². The van der Waals surface area contributed by atoms with Crippen LogP contribution in [0.4, 0.5) is 5.82 Å². The Morgan fingerprint density at radius 1 is 1.12 bits per heavy atom. The summed E-state index contributed by atoms with van der Waals surface area (Å²) < 4.78 is 1.10. The molecular formula is C13H14BrN3. The number of rotatable bonds is 1. The van der Waals surface area contributed by atoms with Gasteiger partial charge in [-0.2, -0.15) is 5.10 Å². The van der Waals surface area contributed by atoms with Gasteiger partial charge in [-0.1, -0.05) is 28.1 Å². The zero-order valence-corrected chi connectivity index (χ0v) is 11.0. The smallest absolute Gasteiger partial charge is 0.151 e. The first kappa shape index (κ1) is 10.8. The first-order valence-electron chi connectivity index (χ1n) is 5.91. The van der Waals surface area contributed by atoms with Crippen LogP contribution in [0.5, 0.6) is 0 Å². The largest absolute Gasteiger partial charge is 0.368 e. The summed E-state index contributed by atoms with van der Waals surface area (Å²) in [5, 5.41) is 10.9. The van der Waals surface area contributed by atoms with Crippen LogP contribution in [-0.4, -0.2) is 16.7 Å². The van der Waals surface area contributed by atoms with Gasteiger partial charge in [0.1, 0.15) is 0 Å². The number of aromatic nitrogens is 2. The number of fused-ring (bicyclic) bond motifs is 1. The molecule has 0 atom stereocenters. The standard InChI is InChI=1S/C13H14BrN3/c14-10-6-4-9(5-7-10)12-11-3-1-2-8-15-13(11)17-16-12/h4-7H,1-3,8H2,(H2,15,16,17). The molecule has 4 heteroatoms. The minimum Gasteiger partial charge on any atom is -0.368 e. The van der Waals surface area contributed by atoms with Gasteiger partial charge in [-0.15, -0.1) is 0 Å². The molecule has 2 aromatic rings. The number of nitrogens with zero attached hydrogens (tertiary/aromatic N) is 1. The normalized spacial score (nSPS) is 14.9. The summed E-state index contributed by atoms with van der Waals surface area (Å²) in [5.41, 5.74) is 3.68. The van der Waals surface area contributed by atoms with Crippen molar-refractivity contribution in [1.29, 1.82) is 0 Å². The molecule has 0 radical (unpaired) electrons. The van der Waals surface area contributed by atoms with Gasteiger partial charge in [-0.3, -0.25) is 5.10 Å². The third-order valence-corrected chi connectivity index (χ3v) is 3.67. The summed E-state index contributed by atoms with van der Waals surface area (Å²) in [6.07, 6.45) is 3.55. The number of hydrogen-bond donors (Lipinski definition) is 2. The Hall–Kier alpha value is -1.29. The van der Waals surface area contributed by atoms with Gasteiger partial charge in [-0.25, -0.2) is 0 Å². The molecule has 1 aliphatic heterocycles. The molecule has 1 aliphatic rings. The van der Waals surface area contributed by atoms with Gasteiger partial charge >= 0.3 is 0 Å². The predicted octanol–water partition coefficient (Wildman–Crippen LogP) is 3.59. The van der Waals surface area contributed by atoms with E-state index in [0.29, 0.717) is 0 Å². The molecule has 0 bridgehead atoms. The van der Waals surface area contributed by atoms with E-state index in [1.807, 2.05) is 0 Å². The molecule has 1 aromatic carbocycles. The zero-order valence-electron chi connectivity index (χ0n) is 9.46. The van der Waals surface area contributed by atoms with Gasteiger partial charge in [0.25, 0.3) is 0 Å². The van der Waals surface area contributed by atoms with Crippen molar-refractivity contribution < 1.29 is 0 Å². The van der Waals surface area contributed by atoms with Crippen LogP contribution in [0, 0.1) is 0 Å². The van der Waals surface area contributed by atoms with Crippen molar-refractivity contribution in [2.45, 2.75) is 19.3 Å². The molecule has 1 aromatic heterocycles. The van der Waals surface area contributed by atoms with E-state index in [1.54, 1.807) is 0 Å². The molecular weight excluding hydrogens is 278 g/mol. The summed E-state index contributed by atoms with van der Waals surface area (Å²) >= 11 is 3.46. The fourth-order valence-corrected chi connectivity index (χ4v) is 2.51. The van der Waals surface area contributed by atoms with Gasteiger partial charge in [0.2, 0.25) is 0 Å². The molecule has 0 fully saturated rings. The van der Waals surface area contributed by atoms with Crippen molar-refractivity contribution in [1.82, 2.24) is 10.2 Å². The molecule has 2 N–H and O–H groups in total. The van der Waals surface area contributed by atoms with Crippen molar-refractivity contribution in [3.63, 3.8) is 0 Å². The van der Waals surface area contributed by atoms with Gasteiger partial charge in [-0.05, 0) is 37.0 Å². The van der Waals surface area contributed by atoms with Crippen molar-refractivity contribution in [2.75, 3.05) is 11.9 Å². The summed E-state index contributed by atoms with van der Waals surface area (Å²) in [4.78, 5) is 0. The molecule has 3 nitrogen and oxygen atoms in total. The van der Waals surface area contributed by atoms with E-state index >= 15 is 0 Å². The first-order valence-corrected chi connectivity index (χ1v) is 6.71. The maximum atomic E-state index is 4.37. The Labute approximate surface area is 109 Å². The lowest BCUT2D eigenvalue weighted by Gasteiger charge is -2.03. The van der Waals surface area contributed by atoms with Crippen LogP contribution >= 0.6 is 15.9 Å². The average Bonchev–Trinajstić information content (AvgIpc) is 2.60. The second-order valence-electron chi connectivity index (χ2n) is 4.32. The van der Waals surface area contributed by atoms with Gasteiger partial charge in [0.15, 0.2) is 5.82 Å². The highest BCUT2D eigenvalue weighted by Crippen LogP contribution is 2.30. The van der Waals surface area contributed by atoms with Crippen LogP contribution in [-0.2, 0) is 6.42 Å². The van der Waals surface area contributed by atoms with E-state index in [1.165, 1.54) is 24.0 Å². The van der Waals surface area contributed by atoms with Crippen molar-refractivity contribution in [3.8, 4) is 11.3 Å². The number of H-pyrrole nitrogens is 1. The number of aromatic amines is 1. The summed E-state index contributed by atoms with van der Waals surface area (Å²) in [7, 11) is 0. The van der Waals surface area contributed by atoms with Crippen molar-refractivity contribution >= 4 is 21.7 Å². The molecule has 0 saturated heterocycles. The molecule has 0 spiro atoms. The molecule has 2 heterocycles. The second kappa shape index (κ2) is 4.53. The third-order valence-electron chi connectivity index (χ3n) is 3.15. The topological polar surface area (TPSA) is 40.7 Å². The molecule has 0 aliphatic carbocycles. The van der Waals surface area contributed by atoms with Crippen LogP contribution in [0.2, 0.25) is 0 Å². The lowest BCUT2D eigenvalue weighted by atomic mass is 10.0. The number of nitrogens with one attached hydrogen (secondary N) is 2. The summed E-state index contributed by atoms with van der Waals surface area (Å²) in [6.45, 7) is 1.03. The minimum absolute atomic E-state index is 1.03. The van der Waals surface area contributed by atoms with Crippen LogP contribution in [0.3, 0.4) is 0 Å². The molecule has 0 saturated carbocycles. The molecule has 0 amide bonds. The van der Waals surface area contributed by atoms with E-state index in [-0.39, 0.29) is 0 Å². The second-order valence-corrected chi connectivity index (χ2v) is 5.23. The highest BCUT2D eigenvalue weighted by molar-refractivity contribution is 9.10. The highest BCUT2D eigenvalue weighted by Gasteiger charge is 2.16. The maximum absolute atomic E-state index is 4.37. The SMILES string of the molecule is Brc1ccc(-c2[nH]nc3c2CCCCN3)cc1. The van der Waals surface area contributed by atoms with Gasteiger partial charge in [0.05, 0.1) is 5.69 Å². The molecule has 17 heavy (non-hydrogen) atoms. The first-order chi connectivity index (χ1) is 8.34. The molecule has 88 valence electrons. The average molecular weight is 292 g/mol. The summed E-state index contributed by atoms with van der Waals surface area (Å²) in [5.74, 6) is 1.03. The number of benzene rings is 1. The molecule has 0 unspecified atom stereocenters. The highest BCUT2D eigenvalue weighted by atomic mass is 79.9.